The summed E-state index contributed by atoms with van der Waals surface area (Å²) < 4.78 is 75.1. The summed E-state index contributed by atoms with van der Waals surface area (Å²) in [5, 5.41) is 0. The minimum atomic E-state index is -3.00. The first-order valence-electron chi connectivity index (χ1n) is 15.1. The van der Waals surface area contributed by atoms with Crippen LogP contribution in [0.15, 0.2) is 24.3 Å². The summed E-state index contributed by atoms with van der Waals surface area (Å²) in [6, 6.07) is 2.21. The number of halogens is 5. The quantitative estimate of drug-likeness (QED) is 0.163. The summed E-state index contributed by atoms with van der Waals surface area (Å²) in [4.78, 5) is 0. The van der Waals surface area contributed by atoms with Crippen molar-refractivity contribution < 1.29 is 26.7 Å². The van der Waals surface area contributed by atoms with E-state index < -0.39 is 29.5 Å². The van der Waals surface area contributed by atoms with Gasteiger partial charge < -0.3 is 4.74 Å². The summed E-state index contributed by atoms with van der Waals surface area (Å²) in [6.45, 7) is 2.16. The van der Waals surface area contributed by atoms with Gasteiger partial charge in [-0.05, 0) is 131 Å². The van der Waals surface area contributed by atoms with Gasteiger partial charge in [0.1, 0.15) is 0 Å². The molecule has 0 N–H and O–H groups in total. The Morgan fingerprint density at radius 3 is 1.79 bits per heavy atom. The zero-order valence-electron chi connectivity index (χ0n) is 22.9. The van der Waals surface area contributed by atoms with Gasteiger partial charge in [-0.1, -0.05) is 31.9 Å². The second-order valence-corrected chi connectivity index (χ2v) is 12.3. The van der Waals surface area contributed by atoms with Crippen molar-refractivity contribution in [3.63, 3.8) is 0 Å². The molecule has 3 saturated carbocycles. The van der Waals surface area contributed by atoms with E-state index in [0.717, 1.165) is 82.8 Å². The van der Waals surface area contributed by atoms with E-state index in [2.05, 4.69) is 19.1 Å². The Balaban J connectivity index is 1.12. The molecule has 0 aromatic heterocycles. The van der Waals surface area contributed by atoms with Crippen LogP contribution in [0, 0.1) is 47.0 Å². The van der Waals surface area contributed by atoms with Crippen molar-refractivity contribution in [2.75, 3.05) is 0 Å². The number of rotatable bonds is 10. The van der Waals surface area contributed by atoms with Crippen molar-refractivity contribution in [2.45, 2.75) is 122 Å². The van der Waals surface area contributed by atoms with E-state index >= 15 is 0 Å². The van der Waals surface area contributed by atoms with Crippen LogP contribution in [-0.4, -0.2) is 12.2 Å². The Labute approximate surface area is 225 Å². The Morgan fingerprint density at radius 2 is 1.24 bits per heavy atom. The number of allylic oxidation sites excluding steroid dienone is 2. The van der Waals surface area contributed by atoms with Gasteiger partial charge in [-0.15, -0.1) is 0 Å². The van der Waals surface area contributed by atoms with Crippen LogP contribution in [0.4, 0.5) is 22.0 Å². The number of hydrogen-bond donors (Lipinski definition) is 0. The second-order valence-electron chi connectivity index (χ2n) is 12.3. The molecule has 0 saturated heterocycles. The number of alkyl halides is 2. The maximum atomic E-state index is 14.8. The molecule has 1 aromatic rings. The molecule has 38 heavy (non-hydrogen) atoms. The highest BCUT2D eigenvalue weighted by atomic mass is 19.3. The minimum absolute atomic E-state index is 0.332. The summed E-state index contributed by atoms with van der Waals surface area (Å²) in [7, 11) is 0. The van der Waals surface area contributed by atoms with Gasteiger partial charge in [0.2, 0.25) is 0 Å². The molecule has 3 aliphatic carbocycles. The molecule has 3 fully saturated rings. The zero-order chi connectivity index (χ0) is 27.1. The molecule has 1 aromatic carbocycles. The number of ether oxygens (including phenoxy) is 1. The monoisotopic (exact) mass is 540 g/mol. The van der Waals surface area contributed by atoms with Crippen molar-refractivity contribution in [3.05, 3.63) is 47.3 Å². The van der Waals surface area contributed by atoms with Crippen LogP contribution >= 0.6 is 0 Å². The van der Waals surface area contributed by atoms with Crippen molar-refractivity contribution in [1.82, 2.24) is 0 Å². The molecular weight excluding hydrogens is 495 g/mol. The maximum absolute atomic E-state index is 14.8. The van der Waals surface area contributed by atoms with E-state index in [1.165, 1.54) is 0 Å². The van der Waals surface area contributed by atoms with Gasteiger partial charge in [-0.25, -0.2) is 13.2 Å². The highest BCUT2D eigenvalue weighted by molar-refractivity contribution is 5.19. The molecule has 0 unspecified atom stereocenters. The molecule has 1 nitrogen and oxygen atoms in total. The minimum Gasteiger partial charge on any atom is -0.317 e. The molecule has 0 heterocycles. The molecule has 0 bridgehead atoms. The standard InChI is InChI=1S/C32H45F5O/c1-2-3-22-12-16-27(17-13-22)32(36,37)38-28-18-14-25(15-19-28)9-8-23-4-6-24(7-5-23)10-11-26-20-29(33)31(35)30(34)21-26/h8-9,20-25,27-28H,2-7,10-19H2,1H3/b9-8+. The van der Waals surface area contributed by atoms with Crippen molar-refractivity contribution in [3.8, 4) is 0 Å². The van der Waals surface area contributed by atoms with Crippen molar-refractivity contribution >= 4 is 0 Å². The number of benzene rings is 1. The van der Waals surface area contributed by atoms with Gasteiger partial charge in [0.05, 0.1) is 12.0 Å². The van der Waals surface area contributed by atoms with Crippen molar-refractivity contribution in [1.29, 1.82) is 0 Å². The first-order chi connectivity index (χ1) is 18.2. The van der Waals surface area contributed by atoms with Crippen LogP contribution in [0.3, 0.4) is 0 Å². The molecule has 0 atom stereocenters. The Hall–Kier alpha value is -1.43. The van der Waals surface area contributed by atoms with Crippen LogP contribution in [0.1, 0.15) is 109 Å². The van der Waals surface area contributed by atoms with Gasteiger partial charge in [0, 0.05) is 0 Å². The lowest BCUT2D eigenvalue weighted by Gasteiger charge is -2.36. The Bertz CT molecular complexity index is 868. The van der Waals surface area contributed by atoms with Crippen LogP contribution < -0.4 is 0 Å². The first-order valence-corrected chi connectivity index (χ1v) is 15.1. The van der Waals surface area contributed by atoms with E-state index in [1.54, 1.807) is 0 Å². The molecule has 6 heteroatoms. The van der Waals surface area contributed by atoms with Gasteiger partial charge >= 0.3 is 6.11 Å². The van der Waals surface area contributed by atoms with E-state index in [0.29, 0.717) is 61.3 Å². The topological polar surface area (TPSA) is 9.23 Å². The van der Waals surface area contributed by atoms with Crippen molar-refractivity contribution in [2.24, 2.45) is 29.6 Å². The Kier molecular flexibility index (Phi) is 10.7. The van der Waals surface area contributed by atoms with Gasteiger partial charge in [0.15, 0.2) is 17.5 Å². The van der Waals surface area contributed by atoms with E-state index in [-0.39, 0.29) is 6.10 Å². The van der Waals surface area contributed by atoms with Crippen LogP contribution in [0.25, 0.3) is 0 Å². The Morgan fingerprint density at radius 1 is 0.737 bits per heavy atom. The molecule has 0 aliphatic heterocycles. The van der Waals surface area contributed by atoms with Crippen LogP contribution in [0.2, 0.25) is 0 Å². The number of aryl methyl sites for hydroxylation is 1. The summed E-state index contributed by atoms with van der Waals surface area (Å²) in [6.07, 6.45) is 15.6. The molecule has 4 rings (SSSR count). The van der Waals surface area contributed by atoms with Gasteiger partial charge in [-0.3, -0.25) is 0 Å². The van der Waals surface area contributed by atoms with E-state index in [1.807, 2.05) is 0 Å². The molecule has 0 spiro atoms. The first kappa shape index (κ1) is 29.6. The SMILES string of the molecule is CCCC1CCC(C(F)(F)OC2CCC(/C=C/C3CCC(CCc4cc(F)c(F)c(F)c4)CC3)CC2)CC1. The fraction of sp³-hybridized carbons (Fsp3) is 0.750. The fourth-order valence-corrected chi connectivity index (χ4v) is 7.02. The molecule has 3 aliphatic rings. The lowest BCUT2D eigenvalue weighted by Crippen LogP contribution is -2.39. The normalized spacial score (nSPS) is 31.1. The van der Waals surface area contributed by atoms with Crippen LogP contribution in [0.5, 0.6) is 0 Å². The highest BCUT2D eigenvalue weighted by Gasteiger charge is 2.44. The molecule has 0 amide bonds. The predicted molar refractivity (Wildman–Crippen MR) is 141 cm³/mol. The highest BCUT2D eigenvalue weighted by Crippen LogP contribution is 2.43. The zero-order valence-corrected chi connectivity index (χ0v) is 22.9. The average Bonchev–Trinajstić information content (AvgIpc) is 2.91. The van der Waals surface area contributed by atoms with E-state index in [9.17, 15) is 22.0 Å². The lowest BCUT2D eigenvalue weighted by molar-refractivity contribution is -0.301. The third-order valence-corrected chi connectivity index (χ3v) is 9.49. The second kappa shape index (κ2) is 13.8. The summed E-state index contributed by atoms with van der Waals surface area (Å²) >= 11 is 0. The molecular formula is C32H45F5O. The van der Waals surface area contributed by atoms with Crippen LogP contribution in [-0.2, 0) is 11.2 Å². The number of hydrogen-bond acceptors (Lipinski definition) is 1. The summed E-state index contributed by atoms with van der Waals surface area (Å²) in [5.41, 5.74) is 0.514. The summed E-state index contributed by atoms with van der Waals surface area (Å²) in [5.74, 6) is -2.15. The average molecular weight is 541 g/mol. The van der Waals surface area contributed by atoms with Gasteiger partial charge in [-0.2, -0.15) is 8.78 Å². The third kappa shape index (κ3) is 8.29. The predicted octanol–water partition coefficient (Wildman–Crippen LogP) is 10.2. The largest absolute Gasteiger partial charge is 0.358 e. The smallest absolute Gasteiger partial charge is 0.317 e. The van der Waals surface area contributed by atoms with E-state index in [4.69, 9.17) is 4.74 Å². The third-order valence-electron chi connectivity index (χ3n) is 9.49. The fourth-order valence-electron chi connectivity index (χ4n) is 7.02. The molecule has 214 valence electrons. The lowest BCUT2D eigenvalue weighted by atomic mass is 9.78. The molecule has 0 radical (unpaired) electrons. The van der Waals surface area contributed by atoms with Gasteiger partial charge in [0.25, 0.3) is 0 Å². The maximum Gasteiger partial charge on any atom is 0.358 e.